The number of hydrogen-bond acceptors (Lipinski definition) is 11. The van der Waals surface area contributed by atoms with Gasteiger partial charge in [0, 0.05) is 36.4 Å². The monoisotopic (exact) mass is 613 g/mol. The molecule has 0 amide bonds. The van der Waals surface area contributed by atoms with Crippen LogP contribution in [-0.4, -0.2) is 68.4 Å². The Morgan fingerprint density at radius 3 is 2.15 bits per heavy atom. The smallest absolute Gasteiger partial charge is 0.330 e. The van der Waals surface area contributed by atoms with Crippen molar-refractivity contribution in [2.24, 2.45) is 0 Å². The molecule has 2 saturated heterocycles. The van der Waals surface area contributed by atoms with E-state index in [1.165, 1.54) is 21.5 Å². The lowest BCUT2D eigenvalue weighted by Crippen LogP contribution is -2.33. The lowest BCUT2D eigenvalue weighted by molar-refractivity contribution is -0.0488. The van der Waals surface area contributed by atoms with Crippen LogP contribution < -0.4 is 22.5 Å². The molecule has 0 aliphatic carbocycles. The van der Waals surface area contributed by atoms with E-state index in [-0.39, 0.29) is 32.6 Å². The summed E-state index contributed by atoms with van der Waals surface area (Å²) in [5, 5.41) is 10.6. The standard InChI is InChI=1S/C24H32N5O10PS/c1-5-16-17(9-20(37-16)29-11-14(3)22(32)27-24(29)34)39-40(41,35-7-6-25-4)36-12-18-15(30)8-19(38-18)28-10-13(2)21(31)26-23(28)33/h10-11,15-20,30H,5-9,12H2,1-3H3,(H,26,31,33)(H,27,32,34). The lowest BCUT2D eigenvalue weighted by Gasteiger charge is -2.27. The molecule has 0 saturated carbocycles. The van der Waals surface area contributed by atoms with E-state index in [1.807, 2.05) is 6.92 Å². The average molecular weight is 614 g/mol. The number of aromatic amines is 2. The van der Waals surface area contributed by atoms with Crippen LogP contribution in [0.5, 0.6) is 0 Å². The molecule has 4 rings (SSSR count). The Kier molecular flexibility index (Phi) is 9.93. The van der Waals surface area contributed by atoms with E-state index in [4.69, 9.17) is 41.4 Å². The first kappa shape index (κ1) is 31.2. The molecule has 224 valence electrons. The molecule has 2 aromatic heterocycles. The molecule has 7 unspecified atom stereocenters. The molecule has 4 heterocycles. The quantitative estimate of drug-likeness (QED) is 0.184. The van der Waals surface area contributed by atoms with Crippen molar-refractivity contribution < 1.29 is 28.2 Å². The van der Waals surface area contributed by atoms with Crippen molar-refractivity contribution in [2.45, 2.75) is 76.9 Å². The van der Waals surface area contributed by atoms with E-state index in [9.17, 15) is 24.3 Å². The van der Waals surface area contributed by atoms with Crippen LogP contribution in [0, 0.1) is 20.4 Å². The third-order valence-electron chi connectivity index (χ3n) is 6.81. The van der Waals surface area contributed by atoms with Crippen LogP contribution in [0.15, 0.2) is 31.6 Å². The summed E-state index contributed by atoms with van der Waals surface area (Å²) in [6, 6.07) is 0. The fourth-order valence-electron chi connectivity index (χ4n) is 4.61. The van der Waals surface area contributed by atoms with E-state index < -0.39 is 66.1 Å². The molecule has 2 aromatic rings. The molecular weight excluding hydrogens is 581 g/mol. The number of nitrogens with zero attached hydrogens (tertiary/aromatic N) is 3. The Morgan fingerprint density at radius 2 is 1.59 bits per heavy atom. The largest absolute Gasteiger partial charge is 0.390 e. The zero-order chi connectivity index (χ0) is 29.9. The lowest BCUT2D eigenvalue weighted by atomic mass is 10.1. The maximum Gasteiger partial charge on any atom is 0.330 e. The summed E-state index contributed by atoms with van der Waals surface area (Å²) < 4.78 is 32.2. The molecule has 0 bridgehead atoms. The third kappa shape index (κ3) is 7.19. The number of rotatable bonds is 11. The van der Waals surface area contributed by atoms with Crippen LogP contribution in [0.3, 0.4) is 0 Å². The van der Waals surface area contributed by atoms with Crippen molar-refractivity contribution in [3.05, 3.63) is 76.6 Å². The van der Waals surface area contributed by atoms with Gasteiger partial charge in [0.25, 0.3) is 11.1 Å². The van der Waals surface area contributed by atoms with Crippen molar-refractivity contribution in [3.8, 4) is 0 Å². The summed E-state index contributed by atoms with van der Waals surface area (Å²) in [5.41, 5.74) is -1.64. The molecule has 0 radical (unpaired) electrons. The van der Waals surface area contributed by atoms with Gasteiger partial charge in [-0.05, 0) is 32.1 Å². The number of aryl methyl sites for hydroxylation is 2. The zero-order valence-electron chi connectivity index (χ0n) is 22.7. The Bertz CT molecular complexity index is 1580. The highest BCUT2D eigenvalue weighted by molar-refractivity contribution is 8.07. The summed E-state index contributed by atoms with van der Waals surface area (Å²) in [4.78, 5) is 56.0. The summed E-state index contributed by atoms with van der Waals surface area (Å²) in [5.74, 6) is 0. The number of hydrogen-bond donors (Lipinski definition) is 3. The van der Waals surface area contributed by atoms with Crippen LogP contribution in [0.4, 0.5) is 0 Å². The van der Waals surface area contributed by atoms with Crippen LogP contribution in [0.25, 0.3) is 4.85 Å². The van der Waals surface area contributed by atoms with Crippen molar-refractivity contribution in [3.63, 3.8) is 0 Å². The van der Waals surface area contributed by atoms with Gasteiger partial charge in [-0.3, -0.25) is 28.7 Å². The Balaban J connectivity index is 1.48. The van der Waals surface area contributed by atoms with Crippen LogP contribution >= 0.6 is 6.72 Å². The second kappa shape index (κ2) is 13.1. The maximum absolute atomic E-state index is 12.4. The Labute approximate surface area is 239 Å². The number of H-pyrrole nitrogens is 2. The van der Waals surface area contributed by atoms with Gasteiger partial charge in [-0.2, -0.15) is 0 Å². The molecule has 0 aromatic carbocycles. The van der Waals surface area contributed by atoms with Crippen molar-refractivity contribution in [1.29, 1.82) is 0 Å². The second-order valence-electron chi connectivity index (χ2n) is 9.76. The first-order valence-electron chi connectivity index (χ1n) is 13.0. The minimum absolute atomic E-state index is 0.0112. The molecule has 2 aliphatic rings. The van der Waals surface area contributed by atoms with Gasteiger partial charge in [-0.25, -0.2) is 16.2 Å². The second-order valence-corrected chi connectivity index (χ2v) is 12.7. The highest BCUT2D eigenvalue weighted by Crippen LogP contribution is 2.54. The molecule has 41 heavy (non-hydrogen) atoms. The molecule has 3 N–H and O–H groups in total. The fraction of sp³-hybridized carbons (Fsp3) is 0.625. The van der Waals surface area contributed by atoms with E-state index >= 15 is 0 Å². The van der Waals surface area contributed by atoms with Crippen LogP contribution in [0.1, 0.15) is 49.8 Å². The van der Waals surface area contributed by atoms with E-state index in [0.717, 1.165) is 0 Å². The summed E-state index contributed by atoms with van der Waals surface area (Å²) in [6.07, 6.45) is -1.08. The van der Waals surface area contributed by atoms with Gasteiger partial charge in [0.05, 0.1) is 24.9 Å². The van der Waals surface area contributed by atoms with E-state index in [0.29, 0.717) is 17.5 Å². The minimum atomic E-state index is -3.53. The molecular formula is C24H32N5O10PS. The normalized spacial score (nSPS) is 27.5. The molecule has 15 nitrogen and oxygen atoms in total. The zero-order valence-corrected chi connectivity index (χ0v) is 24.4. The Morgan fingerprint density at radius 1 is 1.02 bits per heavy atom. The Hall–Kier alpha value is -2.74. The first-order chi connectivity index (χ1) is 19.4. The number of aliphatic hydroxyl groups excluding tert-OH is 1. The van der Waals surface area contributed by atoms with Crippen LogP contribution in [-0.2, 0) is 34.9 Å². The predicted octanol–water partition coefficient (Wildman–Crippen LogP) is 0.612. The van der Waals surface area contributed by atoms with Crippen molar-refractivity contribution in [2.75, 3.05) is 19.8 Å². The van der Waals surface area contributed by atoms with E-state index in [1.54, 1.807) is 13.8 Å². The fourth-order valence-corrected chi connectivity index (χ4v) is 6.73. The summed E-state index contributed by atoms with van der Waals surface area (Å²) in [7, 11) is 0. The van der Waals surface area contributed by atoms with Gasteiger partial charge in [-0.15, -0.1) is 0 Å². The van der Waals surface area contributed by atoms with Crippen molar-refractivity contribution >= 4 is 18.5 Å². The number of ether oxygens (including phenoxy) is 2. The summed E-state index contributed by atoms with van der Waals surface area (Å²) >= 11 is 5.66. The van der Waals surface area contributed by atoms with Gasteiger partial charge in [0.15, 0.2) is 0 Å². The summed E-state index contributed by atoms with van der Waals surface area (Å²) in [6.45, 7) is 8.22. The van der Waals surface area contributed by atoms with E-state index in [2.05, 4.69) is 14.8 Å². The van der Waals surface area contributed by atoms with Gasteiger partial charge >= 0.3 is 18.1 Å². The van der Waals surface area contributed by atoms with Gasteiger partial charge in [0.2, 0.25) is 6.54 Å². The van der Waals surface area contributed by atoms with Crippen molar-refractivity contribution in [1.82, 2.24) is 19.1 Å². The molecule has 0 spiro atoms. The highest BCUT2D eigenvalue weighted by Gasteiger charge is 2.42. The number of nitrogens with one attached hydrogen (secondary N) is 2. The van der Waals surface area contributed by atoms with Gasteiger partial charge in [0.1, 0.15) is 25.2 Å². The highest BCUT2D eigenvalue weighted by atomic mass is 32.5. The van der Waals surface area contributed by atoms with Gasteiger partial charge < -0.3 is 33.0 Å². The van der Waals surface area contributed by atoms with Gasteiger partial charge in [-0.1, -0.05) is 6.92 Å². The third-order valence-corrected chi connectivity index (χ3v) is 9.20. The number of aliphatic hydroxyl groups is 1. The minimum Gasteiger partial charge on any atom is -0.390 e. The SMILES string of the molecule is [C-]#[N+]CCOP(=S)(OCC1OC(n2cc(C)c(=O)[nH]c2=O)CC1O)OC1CC(n2cc(C)c(=O)[nH]c2=O)OC1CC. The van der Waals surface area contributed by atoms with Crippen LogP contribution in [0.2, 0.25) is 0 Å². The molecule has 2 aliphatic heterocycles. The topological polar surface area (TPSA) is 180 Å². The first-order valence-corrected chi connectivity index (χ1v) is 15.5. The predicted molar refractivity (Wildman–Crippen MR) is 148 cm³/mol. The maximum atomic E-state index is 12.4. The molecule has 17 heteroatoms. The average Bonchev–Trinajstić information content (AvgIpc) is 3.49. The molecule has 7 atom stereocenters. The molecule has 2 fully saturated rings. The number of aromatic nitrogens is 4.